The smallest absolute Gasteiger partial charge is 0.164 e. The van der Waals surface area contributed by atoms with E-state index in [0.29, 0.717) is 17.5 Å². The third-order valence-electron chi connectivity index (χ3n) is 15.7. The van der Waals surface area contributed by atoms with Crippen LogP contribution in [0.4, 0.5) is 17.1 Å². The molecule has 0 amide bonds. The van der Waals surface area contributed by atoms with Crippen molar-refractivity contribution in [2.75, 3.05) is 4.90 Å². The largest absolute Gasteiger partial charge is 0.310 e. The molecule has 8 aliphatic rings. The number of hydrogen-bond acceptors (Lipinski definition) is 4. The van der Waals surface area contributed by atoms with Gasteiger partial charge in [-0.05, 0) is 138 Å². The molecular weight excluding hydrogens is 693 g/mol. The van der Waals surface area contributed by atoms with E-state index in [2.05, 4.69) is 144 Å². The van der Waals surface area contributed by atoms with Crippen LogP contribution in [0, 0.1) is 47.3 Å². The van der Waals surface area contributed by atoms with Crippen molar-refractivity contribution in [2.45, 2.75) is 37.5 Å². The van der Waals surface area contributed by atoms with E-state index in [1.165, 1.54) is 60.3 Å². The molecule has 1 aliphatic heterocycles. The van der Waals surface area contributed by atoms with E-state index < -0.39 is 0 Å². The highest BCUT2D eigenvalue weighted by atomic mass is 15.2. The average Bonchev–Trinajstić information content (AvgIpc) is 3.29. The van der Waals surface area contributed by atoms with Crippen molar-refractivity contribution >= 4 is 17.1 Å². The maximum absolute atomic E-state index is 5.12. The van der Waals surface area contributed by atoms with Gasteiger partial charge in [0.1, 0.15) is 0 Å². The molecule has 7 saturated carbocycles. The van der Waals surface area contributed by atoms with Gasteiger partial charge in [0.05, 0.1) is 11.4 Å². The summed E-state index contributed by atoms with van der Waals surface area (Å²) in [6, 6.07) is 57.3. The van der Waals surface area contributed by atoms with Gasteiger partial charge in [-0.2, -0.15) is 0 Å². The molecule has 1 spiro atoms. The Labute approximate surface area is 334 Å². The number of hydrogen-bond donors (Lipinski definition) is 0. The quantitative estimate of drug-likeness (QED) is 0.176. The Kier molecular flexibility index (Phi) is 6.83. The topological polar surface area (TPSA) is 41.9 Å². The highest BCUT2D eigenvalue weighted by molar-refractivity contribution is 5.87. The summed E-state index contributed by atoms with van der Waals surface area (Å²) in [6.07, 6.45) is 7.34. The summed E-state index contributed by atoms with van der Waals surface area (Å²) in [6.45, 7) is 0. The van der Waals surface area contributed by atoms with Crippen molar-refractivity contribution in [3.63, 3.8) is 0 Å². The second-order valence-electron chi connectivity index (χ2n) is 18.0. The summed E-state index contributed by atoms with van der Waals surface area (Å²) in [5.41, 5.74) is 12.5. The van der Waals surface area contributed by atoms with Crippen LogP contribution in [0.25, 0.3) is 45.3 Å². The highest BCUT2D eigenvalue weighted by Crippen LogP contribution is 2.78. The van der Waals surface area contributed by atoms with E-state index in [9.17, 15) is 0 Å². The second kappa shape index (κ2) is 12.1. The van der Waals surface area contributed by atoms with Gasteiger partial charge in [0.25, 0.3) is 0 Å². The predicted octanol–water partition coefficient (Wildman–Crippen LogP) is 12.6. The number of para-hydroxylation sites is 2. The second-order valence-corrected chi connectivity index (χ2v) is 18.0. The van der Waals surface area contributed by atoms with Crippen LogP contribution in [0.1, 0.15) is 43.2 Å². The summed E-state index contributed by atoms with van der Waals surface area (Å²) in [5, 5.41) is 0. The van der Waals surface area contributed by atoms with Crippen LogP contribution in [0.3, 0.4) is 0 Å². The molecule has 7 fully saturated rings. The molecule has 4 nitrogen and oxygen atoms in total. The van der Waals surface area contributed by atoms with Gasteiger partial charge in [0, 0.05) is 27.8 Å². The zero-order chi connectivity index (χ0) is 37.2. The van der Waals surface area contributed by atoms with Crippen molar-refractivity contribution < 1.29 is 0 Å². The molecule has 4 atom stereocenters. The monoisotopic (exact) mass is 736 g/mol. The van der Waals surface area contributed by atoms with Crippen LogP contribution in [-0.2, 0) is 5.41 Å². The number of aromatic nitrogens is 3. The van der Waals surface area contributed by atoms with E-state index >= 15 is 0 Å². The fourth-order valence-corrected chi connectivity index (χ4v) is 14.0. The summed E-state index contributed by atoms with van der Waals surface area (Å²) in [5.74, 6) is 9.23. The first kappa shape index (κ1) is 32.2. The summed E-state index contributed by atoms with van der Waals surface area (Å²) < 4.78 is 0. The Morgan fingerprint density at radius 3 is 1.35 bits per heavy atom. The maximum atomic E-state index is 5.12. The van der Waals surface area contributed by atoms with Gasteiger partial charge in [0.15, 0.2) is 17.5 Å². The van der Waals surface area contributed by atoms with Crippen molar-refractivity contribution in [1.82, 2.24) is 15.0 Å². The minimum Gasteiger partial charge on any atom is -0.310 e. The Morgan fingerprint density at radius 1 is 0.386 bits per heavy atom. The molecule has 0 N–H and O–H groups in total. The highest BCUT2D eigenvalue weighted by Gasteiger charge is 2.73. The van der Waals surface area contributed by atoms with Crippen LogP contribution < -0.4 is 4.90 Å². The van der Waals surface area contributed by atoms with E-state index in [1.54, 1.807) is 11.1 Å². The molecule has 8 bridgehead atoms. The molecule has 4 heteroatoms. The van der Waals surface area contributed by atoms with Gasteiger partial charge in [0.2, 0.25) is 0 Å². The first-order valence-electron chi connectivity index (χ1n) is 21.3. The summed E-state index contributed by atoms with van der Waals surface area (Å²) >= 11 is 0. The lowest BCUT2D eigenvalue weighted by Crippen LogP contribution is -2.71. The fraction of sp³-hybridized carbons (Fsp3) is 0.264. The minimum atomic E-state index is 0.105. The minimum absolute atomic E-state index is 0.105. The summed E-state index contributed by atoms with van der Waals surface area (Å²) in [7, 11) is 0. The molecule has 7 aliphatic carbocycles. The molecule has 0 radical (unpaired) electrons. The van der Waals surface area contributed by atoms with Crippen LogP contribution in [0.5, 0.6) is 0 Å². The first-order valence-corrected chi connectivity index (χ1v) is 21.3. The maximum Gasteiger partial charge on any atom is 0.164 e. The third kappa shape index (κ3) is 4.53. The molecule has 1 aromatic heterocycles. The van der Waals surface area contributed by atoms with E-state index in [0.717, 1.165) is 64.0 Å². The van der Waals surface area contributed by atoms with Crippen LogP contribution in [-0.4, -0.2) is 15.0 Å². The van der Waals surface area contributed by atoms with Gasteiger partial charge in [-0.15, -0.1) is 0 Å². The third-order valence-corrected chi connectivity index (χ3v) is 15.7. The lowest BCUT2D eigenvalue weighted by atomic mass is 9.28. The Hall–Kier alpha value is -5.87. The van der Waals surface area contributed by atoms with Crippen molar-refractivity contribution in [2.24, 2.45) is 47.3 Å². The van der Waals surface area contributed by atoms with Crippen molar-refractivity contribution in [3.8, 4) is 45.3 Å². The zero-order valence-electron chi connectivity index (χ0n) is 32.0. The standard InChI is InChI=1S/C53H44N4/c1-3-11-33(12-4-1)34-19-21-36(22-20-34)51-54-50(35-13-5-2-6-14-35)55-52(56-51)37-23-25-39(26-24-37)57-47-17-9-7-15-45(47)53(46-16-8-10-18-48(46)57)38-30-41-40-27-32-28-43(41)49(53)44(29-32)42(40)31-38/h1-26,32,38,40-44,49H,27-31H2. The van der Waals surface area contributed by atoms with Gasteiger partial charge in [-0.1, -0.05) is 121 Å². The van der Waals surface area contributed by atoms with Crippen LogP contribution >= 0.6 is 0 Å². The van der Waals surface area contributed by atoms with Gasteiger partial charge in [-0.25, -0.2) is 15.0 Å². The average molecular weight is 737 g/mol. The predicted molar refractivity (Wildman–Crippen MR) is 228 cm³/mol. The van der Waals surface area contributed by atoms with Crippen molar-refractivity contribution in [3.05, 3.63) is 169 Å². The first-order chi connectivity index (χ1) is 28.2. The lowest BCUT2D eigenvalue weighted by Gasteiger charge is -2.76. The molecule has 0 saturated heterocycles. The number of nitrogens with zero attached hydrogens (tertiary/aromatic N) is 4. The normalized spacial score (nSPS) is 27.8. The molecule has 4 unspecified atom stereocenters. The number of fused-ring (bicyclic) bond motifs is 2. The fourth-order valence-electron chi connectivity index (χ4n) is 14.0. The van der Waals surface area contributed by atoms with Crippen LogP contribution in [0.15, 0.2) is 158 Å². The number of benzene rings is 6. The summed E-state index contributed by atoms with van der Waals surface area (Å²) in [4.78, 5) is 17.8. The van der Waals surface area contributed by atoms with Gasteiger partial charge in [-0.3, -0.25) is 0 Å². The molecule has 57 heavy (non-hydrogen) atoms. The number of rotatable bonds is 5. The molecule has 6 aromatic carbocycles. The Morgan fingerprint density at radius 2 is 0.789 bits per heavy atom. The van der Waals surface area contributed by atoms with Crippen LogP contribution in [0.2, 0.25) is 0 Å². The zero-order valence-corrected chi connectivity index (χ0v) is 32.0. The lowest BCUT2D eigenvalue weighted by molar-refractivity contribution is -0.232. The van der Waals surface area contributed by atoms with Crippen molar-refractivity contribution in [1.29, 1.82) is 0 Å². The van der Waals surface area contributed by atoms with Gasteiger partial charge < -0.3 is 4.90 Å². The number of anilines is 3. The molecule has 2 heterocycles. The molecular formula is C53H44N4. The van der Waals surface area contributed by atoms with E-state index in [4.69, 9.17) is 15.0 Å². The molecule has 276 valence electrons. The van der Waals surface area contributed by atoms with Gasteiger partial charge >= 0.3 is 0 Å². The molecule has 15 rings (SSSR count). The molecule has 7 aromatic rings. The SMILES string of the molecule is c1ccc(-c2ccc(-c3nc(-c4ccccc4)nc(-c4ccc(N5c6ccccc6C6(c7ccccc75)C5CC7C8CC9CC7C6C(C9)C8C5)cc4)n3)cc2)cc1. The van der Waals surface area contributed by atoms with E-state index in [-0.39, 0.29) is 5.41 Å². The Bertz CT molecular complexity index is 2600. The Balaban J connectivity index is 0.905. The van der Waals surface area contributed by atoms with E-state index in [1.807, 2.05) is 18.2 Å².